The maximum Gasteiger partial charge on any atom is 0.410 e. The summed E-state index contributed by atoms with van der Waals surface area (Å²) in [6.45, 7) is 6.65. The van der Waals surface area contributed by atoms with Gasteiger partial charge < -0.3 is 15.0 Å². The van der Waals surface area contributed by atoms with Gasteiger partial charge >= 0.3 is 6.09 Å². The van der Waals surface area contributed by atoms with Crippen molar-refractivity contribution < 1.29 is 14.3 Å². The molecular formula is C19H24Cl2N2O3. The van der Waals surface area contributed by atoms with Crippen LogP contribution < -0.4 is 5.32 Å². The molecule has 1 saturated heterocycles. The van der Waals surface area contributed by atoms with Crippen LogP contribution in [0.15, 0.2) is 24.3 Å². The minimum absolute atomic E-state index is 0.0284. The molecule has 1 fully saturated rings. The van der Waals surface area contributed by atoms with Gasteiger partial charge in [0.15, 0.2) is 0 Å². The first-order valence-electron chi connectivity index (χ1n) is 8.56. The summed E-state index contributed by atoms with van der Waals surface area (Å²) in [6.07, 6.45) is 4.16. The molecule has 0 radical (unpaired) electrons. The third kappa shape index (κ3) is 6.22. The minimum Gasteiger partial charge on any atom is -0.444 e. The molecule has 26 heavy (non-hydrogen) atoms. The predicted octanol–water partition coefficient (Wildman–Crippen LogP) is 4.52. The second-order valence-electron chi connectivity index (χ2n) is 7.23. The van der Waals surface area contributed by atoms with Crippen LogP contribution in [-0.2, 0) is 9.53 Å². The van der Waals surface area contributed by atoms with Crippen LogP contribution in [0.25, 0.3) is 6.08 Å². The van der Waals surface area contributed by atoms with Gasteiger partial charge in [-0.05, 0) is 51.3 Å². The zero-order valence-corrected chi connectivity index (χ0v) is 16.7. The fourth-order valence-electron chi connectivity index (χ4n) is 2.60. The number of benzene rings is 1. The van der Waals surface area contributed by atoms with Crippen molar-refractivity contribution in [2.75, 3.05) is 13.1 Å². The van der Waals surface area contributed by atoms with Crippen molar-refractivity contribution in [3.63, 3.8) is 0 Å². The highest BCUT2D eigenvalue weighted by Crippen LogP contribution is 2.26. The highest BCUT2D eigenvalue weighted by Gasteiger charge is 2.27. The molecule has 0 aliphatic carbocycles. The Morgan fingerprint density at radius 2 is 1.88 bits per heavy atom. The summed E-state index contributed by atoms with van der Waals surface area (Å²) in [5.74, 6) is -0.197. The molecule has 0 aromatic heterocycles. The molecule has 2 amide bonds. The SMILES string of the molecule is CC(C)(C)OC(=O)N1CCC(NC(=O)C=Cc2cccc(Cl)c2Cl)CC1. The number of carbonyl (C=O) groups is 2. The van der Waals surface area contributed by atoms with E-state index in [0.29, 0.717) is 41.5 Å². The number of nitrogens with one attached hydrogen (secondary N) is 1. The normalized spacial score (nSPS) is 16.0. The van der Waals surface area contributed by atoms with E-state index in [2.05, 4.69) is 5.32 Å². The molecular weight excluding hydrogens is 375 g/mol. The lowest BCUT2D eigenvalue weighted by atomic mass is 10.1. The van der Waals surface area contributed by atoms with E-state index >= 15 is 0 Å². The number of nitrogens with zero attached hydrogens (tertiary/aromatic N) is 1. The van der Waals surface area contributed by atoms with Gasteiger partial charge in [-0.15, -0.1) is 0 Å². The molecule has 1 N–H and O–H groups in total. The molecule has 0 atom stereocenters. The van der Waals surface area contributed by atoms with E-state index in [1.54, 1.807) is 29.2 Å². The van der Waals surface area contributed by atoms with Gasteiger partial charge in [-0.25, -0.2) is 4.79 Å². The molecule has 1 aromatic rings. The van der Waals surface area contributed by atoms with E-state index in [9.17, 15) is 9.59 Å². The predicted molar refractivity (Wildman–Crippen MR) is 104 cm³/mol. The average molecular weight is 399 g/mol. The average Bonchev–Trinajstić information content (AvgIpc) is 2.55. The van der Waals surface area contributed by atoms with Crippen LogP contribution in [0.2, 0.25) is 10.0 Å². The third-order valence-corrected chi connectivity index (χ3v) is 4.72. The summed E-state index contributed by atoms with van der Waals surface area (Å²) >= 11 is 12.1. The molecule has 7 heteroatoms. The van der Waals surface area contributed by atoms with Crippen LogP contribution in [0.3, 0.4) is 0 Å². The lowest BCUT2D eigenvalue weighted by molar-refractivity contribution is -0.117. The molecule has 0 saturated carbocycles. The molecule has 1 heterocycles. The Hall–Kier alpha value is -1.72. The van der Waals surface area contributed by atoms with Gasteiger partial charge in [-0.2, -0.15) is 0 Å². The van der Waals surface area contributed by atoms with Gasteiger partial charge in [0.25, 0.3) is 0 Å². The standard InChI is InChI=1S/C19H24Cl2N2O3/c1-19(2,3)26-18(25)23-11-9-14(10-12-23)22-16(24)8-7-13-5-4-6-15(20)17(13)21/h4-8,14H,9-12H2,1-3H3,(H,22,24). The van der Waals surface area contributed by atoms with Crippen molar-refractivity contribution in [2.45, 2.75) is 45.3 Å². The Labute approximate surface area is 164 Å². The van der Waals surface area contributed by atoms with Crippen LogP contribution >= 0.6 is 23.2 Å². The summed E-state index contributed by atoms with van der Waals surface area (Å²) in [6, 6.07) is 5.29. The lowest BCUT2D eigenvalue weighted by Crippen LogP contribution is -2.47. The Bertz CT molecular complexity index is 691. The number of likely N-dealkylation sites (tertiary alicyclic amines) is 1. The molecule has 0 unspecified atom stereocenters. The largest absolute Gasteiger partial charge is 0.444 e. The summed E-state index contributed by atoms with van der Waals surface area (Å²) in [5, 5.41) is 3.82. The summed E-state index contributed by atoms with van der Waals surface area (Å²) in [5.41, 5.74) is 0.184. The summed E-state index contributed by atoms with van der Waals surface area (Å²) in [4.78, 5) is 25.8. The maximum absolute atomic E-state index is 12.1. The fraction of sp³-hybridized carbons (Fsp3) is 0.474. The van der Waals surface area contributed by atoms with Gasteiger partial charge in [0.05, 0.1) is 10.0 Å². The zero-order chi connectivity index (χ0) is 19.3. The van der Waals surface area contributed by atoms with Crippen molar-refractivity contribution in [3.8, 4) is 0 Å². The smallest absolute Gasteiger partial charge is 0.410 e. The number of amides is 2. The first-order valence-corrected chi connectivity index (χ1v) is 9.32. The lowest BCUT2D eigenvalue weighted by Gasteiger charge is -2.33. The monoisotopic (exact) mass is 398 g/mol. The van der Waals surface area contributed by atoms with E-state index in [0.717, 1.165) is 0 Å². The molecule has 1 aliphatic rings. The maximum atomic E-state index is 12.1. The Balaban J connectivity index is 1.82. The van der Waals surface area contributed by atoms with Gasteiger partial charge in [-0.1, -0.05) is 35.3 Å². The molecule has 5 nitrogen and oxygen atoms in total. The van der Waals surface area contributed by atoms with Crippen molar-refractivity contribution in [1.82, 2.24) is 10.2 Å². The van der Waals surface area contributed by atoms with Crippen molar-refractivity contribution in [2.24, 2.45) is 0 Å². The highest BCUT2D eigenvalue weighted by atomic mass is 35.5. The van der Waals surface area contributed by atoms with Crippen LogP contribution in [0.1, 0.15) is 39.2 Å². The van der Waals surface area contributed by atoms with Gasteiger partial charge in [-0.3, -0.25) is 4.79 Å². The number of piperidine rings is 1. The van der Waals surface area contributed by atoms with Crippen LogP contribution in [0.5, 0.6) is 0 Å². The second kappa shape index (κ2) is 8.78. The number of carbonyl (C=O) groups excluding carboxylic acids is 2. The highest BCUT2D eigenvalue weighted by molar-refractivity contribution is 6.42. The Kier molecular flexibility index (Phi) is 6.95. The summed E-state index contributed by atoms with van der Waals surface area (Å²) < 4.78 is 5.37. The number of halogens is 2. The van der Waals surface area contributed by atoms with Gasteiger partial charge in [0.1, 0.15) is 5.60 Å². The van der Waals surface area contributed by atoms with Gasteiger partial charge in [0.2, 0.25) is 5.91 Å². The van der Waals surface area contributed by atoms with Crippen molar-refractivity contribution in [1.29, 1.82) is 0 Å². The van der Waals surface area contributed by atoms with E-state index < -0.39 is 5.60 Å². The quantitative estimate of drug-likeness (QED) is 0.761. The molecule has 1 aromatic carbocycles. The second-order valence-corrected chi connectivity index (χ2v) is 8.01. The van der Waals surface area contributed by atoms with Crippen molar-refractivity contribution >= 4 is 41.3 Å². The minimum atomic E-state index is -0.505. The van der Waals surface area contributed by atoms with Crippen LogP contribution in [0.4, 0.5) is 4.79 Å². The van der Waals surface area contributed by atoms with E-state index in [1.807, 2.05) is 20.8 Å². The fourth-order valence-corrected chi connectivity index (χ4v) is 2.97. The molecule has 0 spiro atoms. The molecule has 0 bridgehead atoms. The van der Waals surface area contributed by atoms with Crippen LogP contribution in [-0.4, -0.2) is 41.6 Å². The topological polar surface area (TPSA) is 58.6 Å². The molecule has 142 valence electrons. The first-order chi connectivity index (χ1) is 12.2. The molecule has 1 aliphatic heterocycles. The van der Waals surface area contributed by atoms with Gasteiger partial charge in [0, 0.05) is 25.2 Å². The number of hydrogen-bond donors (Lipinski definition) is 1. The number of hydrogen-bond acceptors (Lipinski definition) is 3. The Morgan fingerprint density at radius 1 is 1.23 bits per heavy atom. The van der Waals surface area contributed by atoms with Crippen LogP contribution in [0, 0.1) is 0 Å². The third-order valence-electron chi connectivity index (χ3n) is 3.89. The van der Waals surface area contributed by atoms with E-state index in [4.69, 9.17) is 27.9 Å². The summed E-state index contributed by atoms with van der Waals surface area (Å²) in [7, 11) is 0. The zero-order valence-electron chi connectivity index (χ0n) is 15.2. The van der Waals surface area contributed by atoms with Crippen molar-refractivity contribution in [3.05, 3.63) is 39.9 Å². The Morgan fingerprint density at radius 3 is 2.50 bits per heavy atom. The number of ether oxygens (including phenoxy) is 1. The van der Waals surface area contributed by atoms with E-state index in [-0.39, 0.29) is 18.0 Å². The molecule has 2 rings (SSSR count). The van der Waals surface area contributed by atoms with E-state index in [1.165, 1.54) is 6.08 Å². The number of rotatable bonds is 3. The first kappa shape index (κ1) is 20.6.